The maximum absolute atomic E-state index is 12.4. The van der Waals surface area contributed by atoms with Gasteiger partial charge in [0.15, 0.2) is 0 Å². The van der Waals surface area contributed by atoms with E-state index in [1.54, 1.807) is 18.2 Å². The molecule has 0 heterocycles. The zero-order valence-electron chi connectivity index (χ0n) is 15.9. The van der Waals surface area contributed by atoms with Crippen LogP contribution in [-0.4, -0.2) is 37.5 Å². The van der Waals surface area contributed by atoms with Crippen molar-refractivity contribution in [1.29, 1.82) is 0 Å². The first-order valence-electron chi connectivity index (χ1n) is 8.87. The maximum atomic E-state index is 12.4. The Morgan fingerprint density at radius 1 is 1.07 bits per heavy atom. The van der Waals surface area contributed by atoms with Crippen LogP contribution in [0.4, 0.5) is 0 Å². The number of nitrogens with zero attached hydrogens (tertiary/aromatic N) is 1. The second-order valence-electron chi connectivity index (χ2n) is 6.77. The van der Waals surface area contributed by atoms with Gasteiger partial charge >= 0.3 is 0 Å². The number of carbonyl (C=O) groups is 1. The van der Waals surface area contributed by atoms with Gasteiger partial charge in [-0.05, 0) is 43.0 Å². The van der Waals surface area contributed by atoms with Crippen LogP contribution in [0.25, 0.3) is 0 Å². The van der Waals surface area contributed by atoms with Crippen molar-refractivity contribution >= 4 is 39.1 Å². The van der Waals surface area contributed by atoms with Crippen molar-refractivity contribution in [2.75, 3.05) is 12.8 Å². The standard InChI is InChI=1S/C20H24Cl2N2O3S/c1-15(8-9-16-6-4-3-5-7-16)23-20(25)14-24(28(2,26)27)13-17-10-11-18(21)19(22)12-17/h3-7,10-12,15H,8-9,13-14H2,1-2H3,(H,23,25)/t15-/m1/s1. The van der Waals surface area contributed by atoms with E-state index in [4.69, 9.17) is 23.2 Å². The topological polar surface area (TPSA) is 66.5 Å². The van der Waals surface area contributed by atoms with Crippen molar-refractivity contribution in [2.45, 2.75) is 32.4 Å². The lowest BCUT2D eigenvalue weighted by molar-refractivity contribution is -0.122. The van der Waals surface area contributed by atoms with E-state index in [2.05, 4.69) is 5.32 Å². The monoisotopic (exact) mass is 442 g/mol. The SMILES string of the molecule is C[C@H](CCc1ccccc1)NC(=O)CN(Cc1ccc(Cl)c(Cl)c1)S(C)(=O)=O. The van der Waals surface area contributed by atoms with E-state index >= 15 is 0 Å². The summed E-state index contributed by atoms with van der Waals surface area (Å²) in [5, 5.41) is 3.60. The van der Waals surface area contributed by atoms with Gasteiger partial charge in [-0.15, -0.1) is 0 Å². The van der Waals surface area contributed by atoms with Gasteiger partial charge in [0.2, 0.25) is 15.9 Å². The van der Waals surface area contributed by atoms with Crippen LogP contribution < -0.4 is 5.32 Å². The largest absolute Gasteiger partial charge is 0.352 e. The molecule has 0 aliphatic carbocycles. The van der Waals surface area contributed by atoms with Gasteiger partial charge in [-0.25, -0.2) is 8.42 Å². The van der Waals surface area contributed by atoms with Gasteiger partial charge in [0, 0.05) is 12.6 Å². The Bertz CT molecular complexity index is 905. The third-order valence-corrected chi connectivity index (χ3v) is 6.18. The van der Waals surface area contributed by atoms with Gasteiger partial charge in [-0.1, -0.05) is 59.6 Å². The number of hydrogen-bond donors (Lipinski definition) is 1. The van der Waals surface area contributed by atoms with Crippen molar-refractivity contribution in [3.63, 3.8) is 0 Å². The first-order valence-corrected chi connectivity index (χ1v) is 11.5. The molecular weight excluding hydrogens is 419 g/mol. The van der Waals surface area contributed by atoms with Crippen LogP contribution in [0.3, 0.4) is 0 Å². The maximum Gasteiger partial charge on any atom is 0.235 e. The van der Waals surface area contributed by atoms with Crippen molar-refractivity contribution in [3.05, 3.63) is 69.7 Å². The molecule has 1 atom stereocenters. The third kappa shape index (κ3) is 7.43. The predicted octanol–water partition coefficient (Wildman–Crippen LogP) is 3.89. The number of sulfonamides is 1. The summed E-state index contributed by atoms with van der Waals surface area (Å²) in [5.74, 6) is -0.342. The summed E-state index contributed by atoms with van der Waals surface area (Å²) < 4.78 is 25.3. The van der Waals surface area contributed by atoms with Crippen molar-refractivity contribution in [3.8, 4) is 0 Å². The molecule has 0 saturated heterocycles. The molecule has 0 saturated carbocycles. The highest BCUT2D eigenvalue weighted by Gasteiger charge is 2.21. The molecule has 0 aromatic heterocycles. The highest BCUT2D eigenvalue weighted by atomic mass is 35.5. The Balaban J connectivity index is 1.93. The first kappa shape index (κ1) is 22.7. The molecule has 1 amide bonds. The zero-order chi connectivity index (χ0) is 20.7. The number of halogens is 2. The molecule has 0 unspecified atom stereocenters. The van der Waals surface area contributed by atoms with Crippen molar-refractivity contribution < 1.29 is 13.2 Å². The molecule has 8 heteroatoms. The minimum atomic E-state index is -3.58. The molecule has 28 heavy (non-hydrogen) atoms. The van der Waals surface area contributed by atoms with Crippen LogP contribution in [0.2, 0.25) is 10.0 Å². The van der Waals surface area contributed by atoms with Crippen LogP contribution >= 0.6 is 23.2 Å². The minimum absolute atomic E-state index is 0.0432. The fraction of sp³-hybridized carbons (Fsp3) is 0.350. The molecular formula is C20H24Cl2N2O3S. The molecule has 0 bridgehead atoms. The number of rotatable bonds is 9. The number of aryl methyl sites for hydroxylation is 1. The number of carbonyl (C=O) groups excluding carboxylic acids is 1. The highest BCUT2D eigenvalue weighted by Crippen LogP contribution is 2.23. The normalized spacial score (nSPS) is 12.8. The summed E-state index contributed by atoms with van der Waals surface area (Å²) in [6.45, 7) is 1.70. The summed E-state index contributed by atoms with van der Waals surface area (Å²) in [6.07, 6.45) is 2.68. The molecule has 0 fully saturated rings. The Morgan fingerprint density at radius 3 is 2.36 bits per heavy atom. The summed E-state index contributed by atoms with van der Waals surface area (Å²) in [7, 11) is -3.58. The third-order valence-electron chi connectivity index (χ3n) is 4.25. The lowest BCUT2D eigenvalue weighted by Gasteiger charge is -2.21. The van der Waals surface area contributed by atoms with Gasteiger partial charge in [0.25, 0.3) is 0 Å². The van der Waals surface area contributed by atoms with Gasteiger partial charge in [-0.3, -0.25) is 4.79 Å². The number of nitrogens with one attached hydrogen (secondary N) is 1. The number of hydrogen-bond acceptors (Lipinski definition) is 3. The summed E-state index contributed by atoms with van der Waals surface area (Å²) in [6, 6.07) is 14.8. The lowest BCUT2D eigenvalue weighted by Crippen LogP contribution is -2.42. The van der Waals surface area contributed by atoms with E-state index in [0.717, 1.165) is 23.4 Å². The molecule has 0 radical (unpaired) electrons. The molecule has 0 aliphatic rings. The summed E-state index contributed by atoms with van der Waals surface area (Å²) in [4.78, 5) is 12.4. The Kier molecular flexibility index (Phi) is 8.31. The molecule has 2 rings (SSSR count). The smallest absolute Gasteiger partial charge is 0.235 e. The number of benzene rings is 2. The van der Waals surface area contributed by atoms with E-state index in [-0.39, 0.29) is 25.0 Å². The van der Waals surface area contributed by atoms with Gasteiger partial charge in [-0.2, -0.15) is 4.31 Å². The fourth-order valence-electron chi connectivity index (χ4n) is 2.71. The van der Waals surface area contributed by atoms with Crippen molar-refractivity contribution in [2.24, 2.45) is 0 Å². The van der Waals surface area contributed by atoms with Crippen LogP contribution in [-0.2, 0) is 27.8 Å². The van der Waals surface area contributed by atoms with E-state index in [1.165, 1.54) is 5.56 Å². The van der Waals surface area contributed by atoms with Crippen LogP contribution in [0.1, 0.15) is 24.5 Å². The Morgan fingerprint density at radius 2 is 1.75 bits per heavy atom. The first-order chi connectivity index (χ1) is 13.1. The Labute approximate surface area is 176 Å². The van der Waals surface area contributed by atoms with Crippen LogP contribution in [0.15, 0.2) is 48.5 Å². The van der Waals surface area contributed by atoms with E-state index in [1.807, 2.05) is 37.3 Å². The lowest BCUT2D eigenvalue weighted by atomic mass is 10.1. The quantitative estimate of drug-likeness (QED) is 0.640. The fourth-order valence-corrected chi connectivity index (χ4v) is 3.77. The van der Waals surface area contributed by atoms with Crippen LogP contribution in [0.5, 0.6) is 0 Å². The average molecular weight is 443 g/mol. The molecule has 2 aromatic carbocycles. The zero-order valence-corrected chi connectivity index (χ0v) is 18.2. The molecule has 0 aliphatic heterocycles. The second kappa shape index (κ2) is 10.3. The average Bonchev–Trinajstić information content (AvgIpc) is 2.62. The summed E-state index contributed by atoms with van der Waals surface area (Å²) in [5.41, 5.74) is 1.85. The van der Waals surface area contributed by atoms with Gasteiger partial charge < -0.3 is 5.32 Å². The molecule has 0 spiro atoms. The molecule has 2 aromatic rings. The molecule has 152 valence electrons. The Hall–Kier alpha value is -1.60. The van der Waals surface area contributed by atoms with E-state index in [9.17, 15) is 13.2 Å². The second-order valence-corrected chi connectivity index (χ2v) is 9.57. The van der Waals surface area contributed by atoms with E-state index < -0.39 is 10.0 Å². The van der Waals surface area contributed by atoms with Gasteiger partial charge in [0.1, 0.15) is 0 Å². The van der Waals surface area contributed by atoms with Gasteiger partial charge in [0.05, 0.1) is 22.8 Å². The van der Waals surface area contributed by atoms with E-state index in [0.29, 0.717) is 15.6 Å². The highest BCUT2D eigenvalue weighted by molar-refractivity contribution is 7.88. The molecule has 5 nitrogen and oxygen atoms in total. The molecule has 1 N–H and O–H groups in total. The van der Waals surface area contributed by atoms with Crippen molar-refractivity contribution in [1.82, 2.24) is 9.62 Å². The predicted molar refractivity (Wildman–Crippen MR) is 114 cm³/mol. The summed E-state index contributed by atoms with van der Waals surface area (Å²) >= 11 is 11.9. The minimum Gasteiger partial charge on any atom is -0.352 e. The van der Waals surface area contributed by atoms with Crippen LogP contribution in [0, 0.1) is 0 Å². The number of amides is 1.